The minimum atomic E-state index is -0.746. The van der Waals surface area contributed by atoms with Gasteiger partial charge < -0.3 is 15.7 Å². The Balaban J connectivity index is 1.64. The van der Waals surface area contributed by atoms with E-state index in [1.165, 1.54) is 5.56 Å². The smallest absolute Gasteiger partial charge is 0.303 e. The molecule has 0 saturated heterocycles. The maximum absolute atomic E-state index is 12.1. The number of aliphatic carboxylic acids is 1. The second kappa shape index (κ2) is 7.78. The van der Waals surface area contributed by atoms with Crippen LogP contribution in [0.15, 0.2) is 18.2 Å². The molecular weight excluding hydrogens is 268 g/mol. The van der Waals surface area contributed by atoms with Gasteiger partial charge in [-0.15, -0.1) is 0 Å². The molecule has 1 aliphatic heterocycles. The second-order valence-corrected chi connectivity index (χ2v) is 5.35. The molecular formula is C16H22N2O3. The summed E-state index contributed by atoms with van der Waals surface area (Å²) in [4.78, 5) is 22.4. The van der Waals surface area contributed by atoms with Gasteiger partial charge in [-0.3, -0.25) is 9.59 Å². The largest absolute Gasteiger partial charge is 0.481 e. The summed E-state index contributed by atoms with van der Waals surface area (Å²) in [6.45, 7) is 2.03. The van der Waals surface area contributed by atoms with Crippen LogP contribution in [0.1, 0.15) is 41.6 Å². The molecule has 114 valence electrons. The summed E-state index contributed by atoms with van der Waals surface area (Å²) in [5.41, 5.74) is 3.11. The first-order valence-corrected chi connectivity index (χ1v) is 7.49. The highest BCUT2D eigenvalue weighted by Gasteiger charge is 2.13. The van der Waals surface area contributed by atoms with Crippen LogP contribution >= 0.6 is 0 Å². The second-order valence-electron chi connectivity index (χ2n) is 5.35. The fraction of sp³-hybridized carbons (Fsp3) is 0.500. The van der Waals surface area contributed by atoms with Gasteiger partial charge in [0.15, 0.2) is 5.78 Å². The minimum absolute atomic E-state index is 0.107. The Kier molecular flexibility index (Phi) is 5.75. The molecule has 1 heterocycles. The van der Waals surface area contributed by atoms with E-state index in [1.54, 1.807) is 0 Å². The molecule has 0 amide bonds. The van der Waals surface area contributed by atoms with Crippen LogP contribution in [0.3, 0.4) is 0 Å². The molecule has 5 nitrogen and oxygen atoms in total. The Hall–Kier alpha value is -1.88. The van der Waals surface area contributed by atoms with Crippen LogP contribution in [0.4, 0.5) is 5.69 Å². The van der Waals surface area contributed by atoms with Crippen LogP contribution in [0.2, 0.25) is 0 Å². The number of fused-ring (bicyclic) bond motifs is 1. The van der Waals surface area contributed by atoms with Gasteiger partial charge in [-0.1, -0.05) is 6.42 Å². The van der Waals surface area contributed by atoms with Crippen LogP contribution in [0.25, 0.3) is 0 Å². The van der Waals surface area contributed by atoms with Crippen molar-refractivity contribution in [3.63, 3.8) is 0 Å². The van der Waals surface area contributed by atoms with Crippen LogP contribution < -0.4 is 10.6 Å². The van der Waals surface area contributed by atoms with Crippen LogP contribution in [0, 0.1) is 0 Å². The van der Waals surface area contributed by atoms with E-state index >= 15 is 0 Å². The van der Waals surface area contributed by atoms with Crippen LogP contribution in [-0.4, -0.2) is 36.5 Å². The summed E-state index contributed by atoms with van der Waals surface area (Å²) in [5.74, 6) is -0.639. The van der Waals surface area contributed by atoms with E-state index in [2.05, 4.69) is 10.6 Å². The van der Waals surface area contributed by atoms with Gasteiger partial charge in [-0.25, -0.2) is 0 Å². The Labute approximate surface area is 124 Å². The normalized spacial score (nSPS) is 12.8. The van der Waals surface area contributed by atoms with Crippen molar-refractivity contribution in [2.75, 3.05) is 25.0 Å². The molecule has 0 atom stereocenters. The van der Waals surface area contributed by atoms with Crippen molar-refractivity contribution in [1.29, 1.82) is 0 Å². The van der Waals surface area contributed by atoms with Crippen molar-refractivity contribution in [2.45, 2.75) is 32.1 Å². The molecule has 1 aromatic rings. The van der Waals surface area contributed by atoms with E-state index in [4.69, 9.17) is 5.11 Å². The van der Waals surface area contributed by atoms with Gasteiger partial charge >= 0.3 is 5.97 Å². The zero-order valence-corrected chi connectivity index (χ0v) is 12.2. The summed E-state index contributed by atoms with van der Waals surface area (Å²) < 4.78 is 0. The maximum Gasteiger partial charge on any atom is 0.303 e. The van der Waals surface area contributed by atoms with E-state index in [9.17, 15) is 9.59 Å². The van der Waals surface area contributed by atoms with Gasteiger partial charge in [0.2, 0.25) is 0 Å². The lowest BCUT2D eigenvalue weighted by atomic mass is 10.1. The summed E-state index contributed by atoms with van der Waals surface area (Å²) >= 11 is 0. The predicted molar refractivity (Wildman–Crippen MR) is 81.9 cm³/mol. The Morgan fingerprint density at radius 3 is 2.90 bits per heavy atom. The number of benzene rings is 1. The average molecular weight is 290 g/mol. The number of carbonyl (C=O) groups excluding carboxylic acids is 1. The number of carboxylic acids is 1. The summed E-state index contributed by atoms with van der Waals surface area (Å²) in [5, 5.41) is 14.9. The molecule has 0 fully saturated rings. The lowest BCUT2D eigenvalue weighted by Gasteiger charge is -2.06. The number of anilines is 1. The first-order valence-electron chi connectivity index (χ1n) is 7.49. The monoisotopic (exact) mass is 290 g/mol. The van der Waals surface area contributed by atoms with Crippen LogP contribution in [-0.2, 0) is 11.2 Å². The standard InChI is InChI=1S/C16H22N2O3/c19-15(11-17-8-3-1-2-4-16(20)21)13-5-6-14-12(10-13)7-9-18-14/h5-6,10,17-18H,1-4,7-9,11H2,(H,20,21). The molecule has 0 radical (unpaired) electrons. The number of carbonyl (C=O) groups is 2. The maximum atomic E-state index is 12.1. The first kappa shape index (κ1) is 15.5. The molecule has 3 N–H and O–H groups in total. The average Bonchev–Trinajstić information content (AvgIpc) is 2.93. The Morgan fingerprint density at radius 1 is 1.24 bits per heavy atom. The van der Waals surface area contributed by atoms with Crippen molar-refractivity contribution in [2.24, 2.45) is 0 Å². The zero-order chi connectivity index (χ0) is 15.1. The third-order valence-corrected chi connectivity index (χ3v) is 3.67. The fourth-order valence-electron chi connectivity index (χ4n) is 2.49. The molecule has 0 saturated carbocycles. The van der Waals surface area contributed by atoms with E-state index in [0.717, 1.165) is 43.6 Å². The molecule has 1 aromatic carbocycles. The van der Waals surface area contributed by atoms with Crippen LogP contribution in [0.5, 0.6) is 0 Å². The lowest BCUT2D eigenvalue weighted by molar-refractivity contribution is -0.137. The van der Waals surface area contributed by atoms with Gasteiger partial charge in [0, 0.05) is 24.2 Å². The van der Waals surface area contributed by atoms with Crippen molar-refractivity contribution >= 4 is 17.4 Å². The third-order valence-electron chi connectivity index (χ3n) is 3.67. The molecule has 21 heavy (non-hydrogen) atoms. The number of carboxylic acid groups (broad SMARTS) is 1. The molecule has 2 rings (SSSR count). The molecule has 1 aliphatic rings. The number of Topliss-reactive ketones (excluding diaryl/α,β-unsaturated/α-hetero) is 1. The molecule has 0 aromatic heterocycles. The SMILES string of the molecule is O=C(O)CCCCCNCC(=O)c1ccc2c(c1)CCN2. The third kappa shape index (κ3) is 4.86. The van der Waals surface area contributed by atoms with Crippen molar-refractivity contribution in [3.8, 4) is 0 Å². The van der Waals surface area contributed by atoms with Gasteiger partial charge in [0.1, 0.15) is 0 Å². The van der Waals surface area contributed by atoms with Gasteiger partial charge in [0.25, 0.3) is 0 Å². The number of nitrogens with one attached hydrogen (secondary N) is 2. The molecule has 0 spiro atoms. The molecule has 0 bridgehead atoms. The Morgan fingerprint density at radius 2 is 2.10 bits per heavy atom. The van der Waals surface area contributed by atoms with Gasteiger partial charge in [-0.05, 0) is 49.6 Å². The number of rotatable bonds is 9. The van der Waals surface area contributed by atoms with Crippen molar-refractivity contribution in [1.82, 2.24) is 5.32 Å². The van der Waals surface area contributed by atoms with Gasteiger partial charge in [-0.2, -0.15) is 0 Å². The quantitative estimate of drug-likeness (QED) is 0.479. The summed E-state index contributed by atoms with van der Waals surface area (Å²) in [6.07, 6.45) is 3.67. The fourth-order valence-corrected chi connectivity index (χ4v) is 2.49. The first-order chi connectivity index (χ1) is 10.2. The van der Waals surface area contributed by atoms with Crippen molar-refractivity contribution < 1.29 is 14.7 Å². The lowest BCUT2D eigenvalue weighted by Crippen LogP contribution is -2.24. The Bertz CT molecular complexity index is 514. The highest BCUT2D eigenvalue weighted by Crippen LogP contribution is 2.23. The van der Waals surface area contributed by atoms with E-state index < -0.39 is 5.97 Å². The topological polar surface area (TPSA) is 78.4 Å². The number of hydrogen-bond donors (Lipinski definition) is 3. The highest BCUT2D eigenvalue weighted by atomic mass is 16.4. The minimum Gasteiger partial charge on any atom is -0.481 e. The summed E-state index contributed by atoms with van der Waals surface area (Å²) in [7, 11) is 0. The highest BCUT2D eigenvalue weighted by molar-refractivity contribution is 5.98. The molecule has 0 aliphatic carbocycles. The van der Waals surface area contributed by atoms with E-state index in [-0.39, 0.29) is 12.2 Å². The van der Waals surface area contributed by atoms with Gasteiger partial charge in [0.05, 0.1) is 6.54 Å². The van der Waals surface area contributed by atoms with Crippen molar-refractivity contribution in [3.05, 3.63) is 29.3 Å². The zero-order valence-electron chi connectivity index (χ0n) is 12.2. The number of unbranched alkanes of at least 4 members (excludes halogenated alkanes) is 2. The summed E-state index contributed by atoms with van der Waals surface area (Å²) in [6, 6.07) is 5.82. The molecule has 0 unspecified atom stereocenters. The molecule has 5 heteroatoms. The number of ketones is 1. The van der Waals surface area contributed by atoms with E-state index in [0.29, 0.717) is 13.0 Å². The predicted octanol–water partition coefficient (Wildman–Crippen LogP) is 2.07. The number of hydrogen-bond acceptors (Lipinski definition) is 4. The van der Waals surface area contributed by atoms with E-state index in [1.807, 2.05) is 18.2 Å².